The third-order valence-corrected chi connectivity index (χ3v) is 6.50. The molecular weight excluding hydrogens is 464 g/mol. The number of benzene rings is 3. The Balaban J connectivity index is 1.36. The van der Waals surface area contributed by atoms with Gasteiger partial charge in [0.1, 0.15) is 12.4 Å². The maximum atomic E-state index is 12.4. The fraction of sp³-hybridized carbons (Fsp3) is 0.231. The highest BCUT2D eigenvalue weighted by Crippen LogP contribution is 2.28. The maximum Gasteiger partial charge on any atom is 0.337 e. The van der Waals surface area contributed by atoms with Crippen LogP contribution in [-0.2, 0) is 22.7 Å². The van der Waals surface area contributed by atoms with Crippen molar-refractivity contribution in [3.63, 3.8) is 0 Å². The second kappa shape index (κ2) is 11.1. The lowest BCUT2D eigenvalue weighted by molar-refractivity contribution is -0.113. The number of amides is 1. The van der Waals surface area contributed by atoms with Crippen molar-refractivity contribution >= 4 is 40.1 Å². The number of nitrogens with zero attached hydrogens (tertiary/aromatic N) is 3. The largest absolute Gasteiger partial charge is 0.485 e. The summed E-state index contributed by atoms with van der Waals surface area (Å²) in [4.78, 5) is 23.9. The van der Waals surface area contributed by atoms with Crippen LogP contribution < -0.4 is 10.1 Å². The maximum absolute atomic E-state index is 12.4. The van der Waals surface area contributed by atoms with Crippen molar-refractivity contribution in [2.75, 3.05) is 18.2 Å². The molecule has 1 heterocycles. The third-order valence-electron chi connectivity index (χ3n) is 5.54. The summed E-state index contributed by atoms with van der Waals surface area (Å²) in [5, 5.41) is 14.3. The Morgan fingerprint density at radius 2 is 1.80 bits per heavy atom. The predicted molar refractivity (Wildman–Crippen MR) is 136 cm³/mol. The van der Waals surface area contributed by atoms with E-state index in [0.717, 1.165) is 16.7 Å². The quantitative estimate of drug-likeness (QED) is 0.265. The number of hydrogen-bond acceptors (Lipinski definition) is 7. The van der Waals surface area contributed by atoms with Gasteiger partial charge in [-0.1, -0.05) is 42.1 Å². The number of fused-ring (bicyclic) bond motifs is 1. The molecule has 0 fully saturated rings. The number of nitrogens with one attached hydrogen (secondary N) is 1. The molecule has 0 unspecified atom stereocenters. The van der Waals surface area contributed by atoms with Crippen LogP contribution >= 0.6 is 11.8 Å². The van der Waals surface area contributed by atoms with Crippen LogP contribution in [0.4, 0.5) is 5.69 Å². The average Bonchev–Trinajstić information content (AvgIpc) is 3.29. The van der Waals surface area contributed by atoms with Gasteiger partial charge in [-0.15, -0.1) is 10.2 Å². The second-order valence-corrected chi connectivity index (χ2v) is 8.69. The van der Waals surface area contributed by atoms with Crippen molar-refractivity contribution in [1.29, 1.82) is 0 Å². The molecule has 0 spiro atoms. The molecular formula is C26H26N4O4S. The molecule has 180 valence electrons. The summed E-state index contributed by atoms with van der Waals surface area (Å²) >= 11 is 1.31. The zero-order valence-corrected chi connectivity index (χ0v) is 20.6. The van der Waals surface area contributed by atoms with E-state index in [1.54, 1.807) is 24.3 Å². The first-order valence-electron chi connectivity index (χ1n) is 11.1. The predicted octanol–water partition coefficient (Wildman–Crippen LogP) is 4.86. The molecule has 0 aliphatic carbocycles. The third kappa shape index (κ3) is 5.63. The summed E-state index contributed by atoms with van der Waals surface area (Å²) in [6, 6.07) is 18.7. The topological polar surface area (TPSA) is 95.3 Å². The number of rotatable bonds is 9. The van der Waals surface area contributed by atoms with Gasteiger partial charge >= 0.3 is 5.97 Å². The molecule has 0 aliphatic heterocycles. The van der Waals surface area contributed by atoms with Crippen LogP contribution in [0.15, 0.2) is 65.8 Å². The minimum absolute atomic E-state index is 0.168. The number of hydrogen-bond donors (Lipinski definition) is 1. The number of carbonyl (C=O) groups excluding carboxylic acids is 2. The van der Waals surface area contributed by atoms with E-state index < -0.39 is 5.97 Å². The van der Waals surface area contributed by atoms with E-state index in [0.29, 0.717) is 28.8 Å². The monoisotopic (exact) mass is 490 g/mol. The van der Waals surface area contributed by atoms with Crippen LogP contribution in [0, 0.1) is 6.92 Å². The van der Waals surface area contributed by atoms with Crippen LogP contribution in [0.3, 0.4) is 0 Å². The number of esters is 1. The Morgan fingerprint density at radius 3 is 2.54 bits per heavy atom. The van der Waals surface area contributed by atoms with Gasteiger partial charge in [0.15, 0.2) is 11.0 Å². The number of anilines is 1. The van der Waals surface area contributed by atoms with Gasteiger partial charge in [-0.3, -0.25) is 4.79 Å². The molecule has 1 N–H and O–H groups in total. The summed E-state index contributed by atoms with van der Waals surface area (Å²) < 4.78 is 12.7. The van der Waals surface area contributed by atoms with Gasteiger partial charge in [-0.25, -0.2) is 4.79 Å². The Bertz CT molecular complexity index is 1350. The molecule has 0 saturated carbocycles. The number of aryl methyl sites for hydroxylation is 1. The first-order chi connectivity index (χ1) is 17.0. The molecule has 0 atom stereocenters. The highest BCUT2D eigenvalue weighted by Gasteiger charge is 2.15. The van der Waals surface area contributed by atoms with Gasteiger partial charge in [0.25, 0.3) is 0 Å². The molecule has 35 heavy (non-hydrogen) atoms. The lowest BCUT2D eigenvalue weighted by Gasteiger charge is -2.12. The smallest absolute Gasteiger partial charge is 0.337 e. The number of methoxy groups -OCH3 is 1. The van der Waals surface area contributed by atoms with E-state index in [9.17, 15) is 9.59 Å². The molecule has 9 heteroatoms. The van der Waals surface area contributed by atoms with Crippen molar-refractivity contribution in [3.8, 4) is 5.75 Å². The van der Waals surface area contributed by atoms with Crippen LogP contribution in [0.1, 0.15) is 28.7 Å². The fourth-order valence-electron chi connectivity index (χ4n) is 3.69. The first-order valence-corrected chi connectivity index (χ1v) is 12.1. The van der Waals surface area contributed by atoms with Crippen molar-refractivity contribution in [2.24, 2.45) is 0 Å². The molecule has 0 aliphatic rings. The number of ether oxygens (including phenoxy) is 2. The van der Waals surface area contributed by atoms with Crippen molar-refractivity contribution < 1.29 is 19.1 Å². The fourth-order valence-corrected chi connectivity index (χ4v) is 4.51. The first kappa shape index (κ1) is 24.3. The molecule has 1 aromatic heterocycles. The SMILES string of the molecule is CCn1c(COc2ccc3ccccc3c2C)nnc1SCC(=O)Nc1ccc(C(=O)OC)cc1. The Hall–Kier alpha value is -3.85. The molecule has 4 rings (SSSR count). The Labute approximate surface area is 207 Å². The Morgan fingerprint density at radius 1 is 1.03 bits per heavy atom. The normalized spacial score (nSPS) is 10.8. The van der Waals surface area contributed by atoms with Gasteiger partial charge in [-0.05, 0) is 60.5 Å². The molecule has 3 aromatic carbocycles. The summed E-state index contributed by atoms with van der Waals surface area (Å²) in [6.07, 6.45) is 0. The van der Waals surface area contributed by atoms with E-state index >= 15 is 0 Å². The standard InChI is InChI=1S/C26H26N4O4S/c1-4-30-23(15-34-22-14-11-18-7-5-6-8-21(18)17(22)2)28-29-26(30)35-16-24(31)27-20-12-9-19(10-13-20)25(32)33-3/h5-14H,4,15-16H2,1-3H3,(H,27,31). The summed E-state index contributed by atoms with van der Waals surface area (Å²) in [5.41, 5.74) is 2.10. The van der Waals surface area contributed by atoms with E-state index in [1.807, 2.05) is 42.7 Å². The second-order valence-electron chi connectivity index (χ2n) is 7.75. The van der Waals surface area contributed by atoms with Gasteiger partial charge < -0.3 is 19.4 Å². The summed E-state index contributed by atoms with van der Waals surface area (Å²) in [5.74, 6) is 1.06. The molecule has 8 nitrogen and oxygen atoms in total. The van der Waals surface area contributed by atoms with Crippen LogP contribution in [-0.4, -0.2) is 39.5 Å². The van der Waals surface area contributed by atoms with Crippen molar-refractivity contribution in [3.05, 3.63) is 77.6 Å². The van der Waals surface area contributed by atoms with Crippen LogP contribution in [0.2, 0.25) is 0 Å². The van der Waals surface area contributed by atoms with Crippen molar-refractivity contribution in [2.45, 2.75) is 32.2 Å². The van der Waals surface area contributed by atoms with E-state index in [2.05, 4.69) is 32.4 Å². The minimum Gasteiger partial charge on any atom is -0.485 e. The van der Waals surface area contributed by atoms with E-state index in [1.165, 1.54) is 24.3 Å². The van der Waals surface area contributed by atoms with Gasteiger partial charge in [0, 0.05) is 12.2 Å². The number of carbonyl (C=O) groups is 2. The van der Waals surface area contributed by atoms with E-state index in [4.69, 9.17) is 4.74 Å². The number of thioether (sulfide) groups is 1. The van der Waals surface area contributed by atoms with Crippen LogP contribution in [0.5, 0.6) is 5.75 Å². The lowest BCUT2D eigenvalue weighted by Crippen LogP contribution is -2.15. The average molecular weight is 491 g/mol. The van der Waals surface area contributed by atoms with E-state index in [-0.39, 0.29) is 18.3 Å². The zero-order valence-electron chi connectivity index (χ0n) is 19.8. The molecule has 4 aromatic rings. The highest BCUT2D eigenvalue weighted by atomic mass is 32.2. The van der Waals surface area contributed by atoms with Gasteiger partial charge in [0.2, 0.25) is 5.91 Å². The highest BCUT2D eigenvalue weighted by molar-refractivity contribution is 7.99. The summed E-state index contributed by atoms with van der Waals surface area (Å²) in [6.45, 7) is 4.98. The zero-order chi connectivity index (χ0) is 24.8. The van der Waals surface area contributed by atoms with Crippen molar-refractivity contribution in [1.82, 2.24) is 14.8 Å². The molecule has 0 bridgehead atoms. The van der Waals surface area contributed by atoms with Gasteiger partial charge in [-0.2, -0.15) is 0 Å². The Kier molecular flexibility index (Phi) is 7.67. The molecule has 1 amide bonds. The molecule has 0 saturated heterocycles. The van der Waals surface area contributed by atoms with Gasteiger partial charge in [0.05, 0.1) is 18.4 Å². The summed E-state index contributed by atoms with van der Waals surface area (Å²) in [7, 11) is 1.33. The van der Waals surface area contributed by atoms with Crippen LogP contribution in [0.25, 0.3) is 10.8 Å². The lowest BCUT2D eigenvalue weighted by atomic mass is 10.0. The molecule has 0 radical (unpaired) electrons. The minimum atomic E-state index is -0.423. The number of aromatic nitrogens is 3.